The van der Waals surface area contributed by atoms with Gasteiger partial charge in [0.25, 0.3) is 0 Å². The van der Waals surface area contributed by atoms with E-state index < -0.39 is 24.9 Å². The van der Waals surface area contributed by atoms with E-state index in [1.165, 1.54) is 0 Å². The molecule has 0 saturated heterocycles. The van der Waals surface area contributed by atoms with E-state index in [0.717, 1.165) is 0 Å². The molecule has 0 radical (unpaired) electrons. The zero-order valence-corrected chi connectivity index (χ0v) is 5.92. The van der Waals surface area contributed by atoms with Crippen LogP contribution in [0.5, 0.6) is 0 Å². The molecule has 0 aromatic carbocycles. The van der Waals surface area contributed by atoms with Crippen LogP contribution in [0.25, 0.3) is 0 Å². The molecule has 0 saturated carbocycles. The summed E-state index contributed by atoms with van der Waals surface area (Å²) >= 11 is 0. The van der Waals surface area contributed by atoms with Crippen molar-refractivity contribution in [2.75, 3.05) is 6.61 Å². The Labute approximate surface area is 63.9 Å². The third kappa shape index (κ3) is 3.43. The highest BCUT2D eigenvalue weighted by Crippen LogP contribution is 2.01. The molecule has 0 aliphatic carbocycles. The van der Waals surface area contributed by atoms with Gasteiger partial charge in [-0.15, -0.1) is 0 Å². The highest BCUT2D eigenvalue weighted by molar-refractivity contribution is 5.50. The molecule has 0 unspecified atom stereocenters. The van der Waals surface area contributed by atoms with E-state index in [-0.39, 0.29) is 6.42 Å². The maximum Gasteiger partial charge on any atom is 0.122 e. The quantitative estimate of drug-likeness (QED) is 0.270. The van der Waals surface area contributed by atoms with Gasteiger partial charge < -0.3 is 25.2 Å². The molecule has 0 fully saturated rings. The standard InChI is InChI=1S/C6H12O5/c7-2-1-4(9)6(11)5(10)3-8/h2,4-6,8-11H,1,3H2/t4-,5-,6+/m1/s1/i2+1. The van der Waals surface area contributed by atoms with Crippen LogP contribution in [0.3, 0.4) is 0 Å². The largest absolute Gasteiger partial charge is 0.394 e. The second-order valence-electron chi connectivity index (χ2n) is 2.21. The van der Waals surface area contributed by atoms with Gasteiger partial charge in [-0.25, -0.2) is 0 Å². The van der Waals surface area contributed by atoms with E-state index >= 15 is 0 Å². The first-order chi connectivity index (χ1) is 5.13. The van der Waals surface area contributed by atoms with Gasteiger partial charge in [-0.2, -0.15) is 0 Å². The molecule has 66 valence electrons. The molecule has 0 amide bonds. The summed E-state index contributed by atoms with van der Waals surface area (Å²) < 4.78 is 0. The molecule has 0 rings (SSSR count). The predicted octanol–water partition coefficient (Wildman–Crippen LogP) is -2.35. The highest BCUT2D eigenvalue weighted by Gasteiger charge is 2.23. The molecule has 0 aromatic rings. The first kappa shape index (κ1) is 10.5. The van der Waals surface area contributed by atoms with E-state index in [1.807, 2.05) is 0 Å². The summed E-state index contributed by atoms with van der Waals surface area (Å²) in [4.78, 5) is 9.82. The van der Waals surface area contributed by atoms with Crippen molar-refractivity contribution in [3.63, 3.8) is 0 Å². The minimum atomic E-state index is -1.47. The zero-order chi connectivity index (χ0) is 8.85. The normalized spacial score (nSPS) is 18.9. The van der Waals surface area contributed by atoms with E-state index in [4.69, 9.17) is 20.4 Å². The Hall–Kier alpha value is -0.490. The van der Waals surface area contributed by atoms with Crippen LogP contribution >= 0.6 is 0 Å². The zero-order valence-electron chi connectivity index (χ0n) is 5.92. The lowest BCUT2D eigenvalue weighted by atomic mass is 10.1. The third-order valence-electron chi connectivity index (χ3n) is 1.31. The molecule has 0 aliphatic heterocycles. The number of rotatable bonds is 5. The van der Waals surface area contributed by atoms with Crippen molar-refractivity contribution >= 4 is 6.29 Å². The fraction of sp³-hybridized carbons (Fsp3) is 0.833. The van der Waals surface area contributed by atoms with Crippen molar-refractivity contribution in [3.05, 3.63) is 0 Å². The Morgan fingerprint density at radius 2 is 1.73 bits per heavy atom. The van der Waals surface area contributed by atoms with Crippen LogP contribution in [-0.2, 0) is 4.79 Å². The molecule has 5 heteroatoms. The summed E-state index contributed by atoms with van der Waals surface area (Å²) in [5.41, 5.74) is 0. The van der Waals surface area contributed by atoms with Gasteiger partial charge in [-0.1, -0.05) is 0 Å². The smallest absolute Gasteiger partial charge is 0.122 e. The minimum Gasteiger partial charge on any atom is -0.394 e. The maximum atomic E-state index is 9.82. The van der Waals surface area contributed by atoms with Crippen LogP contribution in [0.1, 0.15) is 6.42 Å². The maximum absolute atomic E-state index is 9.82. The first-order valence-electron chi connectivity index (χ1n) is 3.22. The molecule has 11 heavy (non-hydrogen) atoms. The van der Waals surface area contributed by atoms with Crippen LogP contribution in [0.4, 0.5) is 0 Å². The molecule has 0 spiro atoms. The van der Waals surface area contributed by atoms with E-state index in [9.17, 15) is 4.79 Å². The Morgan fingerprint density at radius 3 is 2.09 bits per heavy atom. The van der Waals surface area contributed by atoms with Crippen LogP contribution in [0.2, 0.25) is 0 Å². The lowest BCUT2D eigenvalue weighted by molar-refractivity contribution is -0.115. The first-order valence-corrected chi connectivity index (χ1v) is 3.22. The monoisotopic (exact) mass is 165 g/mol. The lowest BCUT2D eigenvalue weighted by Crippen LogP contribution is -2.39. The Balaban J connectivity index is 3.79. The van der Waals surface area contributed by atoms with Crippen LogP contribution < -0.4 is 0 Å². The summed E-state index contributed by atoms with van der Waals surface area (Å²) in [6.45, 7) is -0.642. The van der Waals surface area contributed by atoms with Gasteiger partial charge in [0.15, 0.2) is 0 Å². The van der Waals surface area contributed by atoms with E-state index in [1.54, 1.807) is 0 Å². The van der Waals surface area contributed by atoms with Crippen molar-refractivity contribution in [2.24, 2.45) is 0 Å². The van der Waals surface area contributed by atoms with Gasteiger partial charge in [0.1, 0.15) is 18.5 Å². The number of carbonyl (C=O) groups is 1. The number of aliphatic hydroxyl groups is 4. The second kappa shape index (κ2) is 5.20. The summed E-state index contributed by atoms with van der Waals surface area (Å²) in [6, 6.07) is 0. The Bertz CT molecular complexity index is 116. The van der Waals surface area contributed by atoms with E-state index in [0.29, 0.717) is 6.29 Å². The molecule has 0 aliphatic rings. The molecule has 4 N–H and O–H groups in total. The summed E-state index contributed by atoms with van der Waals surface area (Å²) in [5, 5.41) is 34.8. The van der Waals surface area contributed by atoms with Gasteiger partial charge >= 0.3 is 0 Å². The molecule has 3 atom stereocenters. The van der Waals surface area contributed by atoms with Gasteiger partial charge in [0.05, 0.1) is 12.7 Å². The average Bonchev–Trinajstić information content (AvgIpc) is 2.02. The van der Waals surface area contributed by atoms with Crippen molar-refractivity contribution in [3.8, 4) is 0 Å². The van der Waals surface area contributed by atoms with Gasteiger partial charge in [-0.3, -0.25) is 0 Å². The third-order valence-corrected chi connectivity index (χ3v) is 1.31. The van der Waals surface area contributed by atoms with E-state index in [2.05, 4.69) is 0 Å². The number of hydrogen-bond acceptors (Lipinski definition) is 5. The van der Waals surface area contributed by atoms with Crippen molar-refractivity contribution in [2.45, 2.75) is 24.7 Å². The number of hydrogen-bond donors (Lipinski definition) is 4. The highest BCUT2D eigenvalue weighted by atomic mass is 16.4. The number of aliphatic hydroxyl groups excluding tert-OH is 4. The van der Waals surface area contributed by atoms with Crippen LogP contribution in [0.15, 0.2) is 0 Å². The lowest BCUT2D eigenvalue weighted by Gasteiger charge is -2.19. The summed E-state index contributed by atoms with van der Waals surface area (Å²) in [5.74, 6) is 0. The van der Waals surface area contributed by atoms with Gasteiger partial charge in [0.2, 0.25) is 0 Å². The van der Waals surface area contributed by atoms with Crippen molar-refractivity contribution < 1.29 is 25.2 Å². The summed E-state index contributed by atoms with van der Waals surface area (Å²) in [6.07, 6.45) is -4.00. The van der Waals surface area contributed by atoms with Crippen LogP contribution in [-0.4, -0.2) is 51.6 Å². The Kier molecular flexibility index (Phi) is 4.97. The molecule has 5 nitrogen and oxygen atoms in total. The molecule has 0 heterocycles. The predicted molar refractivity (Wildman–Crippen MR) is 35.8 cm³/mol. The molecule has 0 bridgehead atoms. The minimum absolute atomic E-state index is 0.252. The molecular formula is C6H12O5. The number of carbonyl (C=O) groups excluding carboxylic acids is 1. The van der Waals surface area contributed by atoms with Gasteiger partial charge in [0, 0.05) is 6.42 Å². The fourth-order valence-electron chi connectivity index (χ4n) is 0.602. The van der Waals surface area contributed by atoms with Crippen LogP contribution in [0, 0.1) is 0 Å². The average molecular weight is 165 g/mol. The SMILES string of the molecule is O=[13CH]C[C@@H](O)[C@H](O)[C@H](O)CO. The van der Waals surface area contributed by atoms with Gasteiger partial charge in [-0.05, 0) is 0 Å². The fourth-order valence-corrected chi connectivity index (χ4v) is 0.602. The topological polar surface area (TPSA) is 98.0 Å². The second-order valence-corrected chi connectivity index (χ2v) is 2.21. The number of aldehydes is 1. The summed E-state index contributed by atoms with van der Waals surface area (Å²) in [7, 11) is 0. The van der Waals surface area contributed by atoms with Crippen molar-refractivity contribution in [1.29, 1.82) is 0 Å². The van der Waals surface area contributed by atoms with Crippen molar-refractivity contribution in [1.82, 2.24) is 0 Å². The Morgan fingerprint density at radius 1 is 1.18 bits per heavy atom. The molecular weight excluding hydrogens is 153 g/mol. The molecule has 0 aromatic heterocycles.